The number of aryl methyl sites for hydroxylation is 2. The van der Waals surface area contributed by atoms with E-state index in [-0.39, 0.29) is 30.6 Å². The Bertz CT molecular complexity index is 1760. The number of nitrogens with zero attached hydrogens (tertiary/aromatic N) is 5. The molecular weight excluding hydrogens is 644 g/mol. The van der Waals surface area contributed by atoms with Gasteiger partial charge in [0.1, 0.15) is 11.0 Å². The van der Waals surface area contributed by atoms with E-state index in [0.29, 0.717) is 45.9 Å². The fourth-order valence-corrected chi connectivity index (χ4v) is 4.63. The Morgan fingerprint density at radius 3 is 1.77 bits per heavy atom. The van der Waals surface area contributed by atoms with E-state index >= 15 is 0 Å². The number of urea groups is 2. The molecule has 0 aliphatic carbocycles. The summed E-state index contributed by atoms with van der Waals surface area (Å²) in [5.41, 5.74) is 2.58. The minimum Gasteiger partial charge on any atom is -0.454 e. The molecule has 5 N–H and O–H groups in total. The van der Waals surface area contributed by atoms with Crippen LogP contribution in [0.25, 0.3) is 0 Å². The van der Waals surface area contributed by atoms with E-state index in [2.05, 4.69) is 51.4 Å². The second-order valence-electron chi connectivity index (χ2n) is 10.8. The average molecular weight is 679 g/mol. The van der Waals surface area contributed by atoms with Crippen molar-refractivity contribution < 1.29 is 28.5 Å². The highest BCUT2D eigenvalue weighted by Crippen LogP contribution is 2.35. The van der Waals surface area contributed by atoms with Crippen LogP contribution in [0.5, 0.6) is 23.0 Å². The van der Waals surface area contributed by atoms with Crippen LogP contribution in [-0.4, -0.2) is 77.7 Å². The standard InChI is InChI=1S/C18H24N6O3.C13H11ClN4O3/c1-12-9-16(19-7-4-8-24(2)3)22-17(20-12)23-18(25)21-13-5-6-14-15(10-13)27-11-26-14;1-7-4-11(14)17-12(15-7)18-13(19)16-8-2-3-9-10(5-8)21-6-20-9/h5-6,9-10H,4,7-8,11H2,1-3H3,(H3,19,20,21,22,23,25);2-5H,6H2,1H3,(H2,15,16,17,18,19). The number of halogens is 1. The SMILES string of the molecule is Cc1cc(Cl)nc(NC(=O)Nc2ccc3c(c2)OCO3)n1.Cc1cc(NCCCN(C)C)nc(NC(=O)Nc2ccc3c(c2)OCO3)n1. The third-order valence-corrected chi connectivity index (χ3v) is 6.67. The minimum absolute atomic E-state index is 0.137. The highest BCUT2D eigenvalue weighted by atomic mass is 35.5. The van der Waals surface area contributed by atoms with Gasteiger partial charge in [0.2, 0.25) is 25.5 Å². The molecule has 4 heterocycles. The Balaban J connectivity index is 0.000000194. The van der Waals surface area contributed by atoms with Gasteiger partial charge < -0.3 is 39.8 Å². The summed E-state index contributed by atoms with van der Waals surface area (Å²) in [5, 5.41) is 14.1. The minimum atomic E-state index is -0.476. The summed E-state index contributed by atoms with van der Waals surface area (Å²) in [6.45, 7) is 5.76. The largest absolute Gasteiger partial charge is 0.454 e. The number of hydrogen-bond donors (Lipinski definition) is 5. The molecule has 0 atom stereocenters. The molecule has 0 bridgehead atoms. The number of fused-ring (bicyclic) bond motifs is 2. The molecule has 48 heavy (non-hydrogen) atoms. The second-order valence-corrected chi connectivity index (χ2v) is 11.1. The molecule has 0 spiro atoms. The van der Waals surface area contributed by atoms with Gasteiger partial charge in [-0.15, -0.1) is 0 Å². The molecule has 4 amide bonds. The molecule has 2 aromatic heterocycles. The monoisotopic (exact) mass is 678 g/mol. The van der Waals surface area contributed by atoms with Gasteiger partial charge in [-0.3, -0.25) is 10.6 Å². The maximum atomic E-state index is 12.2. The number of hydrogen-bond acceptors (Lipinski definition) is 12. The first-order chi connectivity index (χ1) is 23.1. The maximum Gasteiger partial charge on any atom is 0.326 e. The van der Waals surface area contributed by atoms with Gasteiger partial charge in [-0.1, -0.05) is 11.6 Å². The van der Waals surface area contributed by atoms with E-state index in [1.807, 2.05) is 27.1 Å². The first kappa shape index (κ1) is 33.7. The van der Waals surface area contributed by atoms with E-state index in [1.165, 1.54) is 0 Å². The number of nitrogens with one attached hydrogen (secondary N) is 5. The summed E-state index contributed by atoms with van der Waals surface area (Å²) < 4.78 is 21.0. The fraction of sp³-hybridized carbons (Fsp3) is 0.290. The number of carbonyl (C=O) groups is 2. The van der Waals surface area contributed by atoms with Crippen molar-refractivity contribution in [2.75, 3.05) is 67.4 Å². The highest BCUT2D eigenvalue weighted by Gasteiger charge is 2.16. The van der Waals surface area contributed by atoms with Gasteiger partial charge in [0.15, 0.2) is 23.0 Å². The Morgan fingerprint density at radius 1 is 0.708 bits per heavy atom. The van der Waals surface area contributed by atoms with Crippen LogP contribution in [0.2, 0.25) is 5.15 Å². The maximum absolute atomic E-state index is 12.2. The number of benzene rings is 2. The first-order valence-electron chi connectivity index (χ1n) is 14.8. The lowest BCUT2D eigenvalue weighted by Gasteiger charge is -2.12. The predicted molar refractivity (Wildman–Crippen MR) is 181 cm³/mol. The quantitative estimate of drug-likeness (QED) is 0.113. The molecule has 6 rings (SSSR count). The fourth-order valence-electron chi connectivity index (χ4n) is 4.39. The second kappa shape index (κ2) is 15.8. The topological polar surface area (TPSA) is 186 Å². The van der Waals surface area contributed by atoms with Crippen LogP contribution in [-0.2, 0) is 0 Å². The zero-order chi connectivity index (χ0) is 34.0. The molecule has 16 nitrogen and oxygen atoms in total. The molecule has 0 radical (unpaired) electrons. The molecule has 2 aromatic carbocycles. The Hall–Kier alpha value is -5.61. The number of anilines is 5. The molecule has 2 aliphatic rings. The number of rotatable bonds is 9. The predicted octanol–water partition coefficient (Wildman–Crippen LogP) is 5.33. The van der Waals surface area contributed by atoms with Gasteiger partial charge >= 0.3 is 12.1 Å². The van der Waals surface area contributed by atoms with Crippen LogP contribution >= 0.6 is 11.6 Å². The van der Waals surface area contributed by atoms with Crippen molar-refractivity contribution in [2.45, 2.75) is 20.3 Å². The number of ether oxygens (including phenoxy) is 4. The highest BCUT2D eigenvalue weighted by molar-refractivity contribution is 6.29. The summed E-state index contributed by atoms with van der Waals surface area (Å²) in [4.78, 5) is 42.8. The van der Waals surface area contributed by atoms with Gasteiger partial charge in [-0.25, -0.2) is 24.5 Å². The summed E-state index contributed by atoms with van der Waals surface area (Å²) >= 11 is 5.80. The zero-order valence-electron chi connectivity index (χ0n) is 26.7. The van der Waals surface area contributed by atoms with Gasteiger partial charge in [0, 0.05) is 47.5 Å². The Labute approximate surface area is 281 Å². The summed E-state index contributed by atoms with van der Waals surface area (Å²) in [6.07, 6.45) is 0.989. The summed E-state index contributed by atoms with van der Waals surface area (Å²) in [7, 11) is 4.07. The van der Waals surface area contributed by atoms with Crippen molar-refractivity contribution in [3.05, 3.63) is 65.1 Å². The van der Waals surface area contributed by atoms with Gasteiger partial charge in [-0.2, -0.15) is 4.98 Å². The lowest BCUT2D eigenvalue weighted by molar-refractivity contribution is 0.173. The third-order valence-electron chi connectivity index (χ3n) is 6.48. The van der Waals surface area contributed by atoms with Crippen LogP contribution in [0.15, 0.2) is 48.5 Å². The van der Waals surface area contributed by atoms with Crippen LogP contribution in [0, 0.1) is 13.8 Å². The van der Waals surface area contributed by atoms with Crippen LogP contribution in [0.4, 0.5) is 38.7 Å². The summed E-state index contributed by atoms with van der Waals surface area (Å²) in [6, 6.07) is 12.8. The molecule has 0 fully saturated rings. The number of amides is 4. The van der Waals surface area contributed by atoms with E-state index in [1.54, 1.807) is 49.4 Å². The van der Waals surface area contributed by atoms with Crippen molar-refractivity contribution in [2.24, 2.45) is 0 Å². The van der Waals surface area contributed by atoms with Crippen LogP contribution < -0.4 is 45.5 Å². The molecule has 252 valence electrons. The molecule has 0 saturated carbocycles. The number of aromatic nitrogens is 4. The lowest BCUT2D eigenvalue weighted by atomic mass is 10.3. The normalized spacial score (nSPS) is 12.1. The average Bonchev–Trinajstić information content (AvgIpc) is 3.68. The van der Waals surface area contributed by atoms with E-state index in [4.69, 9.17) is 30.5 Å². The van der Waals surface area contributed by atoms with Crippen molar-refractivity contribution in [3.8, 4) is 23.0 Å². The van der Waals surface area contributed by atoms with Gasteiger partial charge in [-0.05, 0) is 71.2 Å². The zero-order valence-corrected chi connectivity index (χ0v) is 27.5. The van der Waals surface area contributed by atoms with Crippen molar-refractivity contribution >= 4 is 52.8 Å². The van der Waals surface area contributed by atoms with Gasteiger partial charge in [0.05, 0.1) is 0 Å². The summed E-state index contributed by atoms with van der Waals surface area (Å²) in [5.74, 6) is 3.55. The number of carbonyl (C=O) groups excluding carboxylic acids is 2. The Kier molecular flexibility index (Phi) is 11.1. The van der Waals surface area contributed by atoms with E-state index < -0.39 is 12.1 Å². The van der Waals surface area contributed by atoms with Crippen molar-refractivity contribution in [1.29, 1.82) is 0 Å². The van der Waals surface area contributed by atoms with Crippen molar-refractivity contribution in [1.82, 2.24) is 24.8 Å². The molecular formula is C31H35ClN10O6. The molecule has 2 aliphatic heterocycles. The van der Waals surface area contributed by atoms with Crippen LogP contribution in [0.3, 0.4) is 0 Å². The molecule has 4 aromatic rings. The Morgan fingerprint density at radius 2 is 1.23 bits per heavy atom. The first-order valence-corrected chi connectivity index (χ1v) is 15.2. The molecule has 17 heteroatoms. The lowest BCUT2D eigenvalue weighted by Crippen LogP contribution is -2.21. The smallest absolute Gasteiger partial charge is 0.326 e. The van der Waals surface area contributed by atoms with E-state index in [0.717, 1.165) is 25.2 Å². The van der Waals surface area contributed by atoms with Crippen molar-refractivity contribution in [3.63, 3.8) is 0 Å². The molecule has 0 saturated heterocycles. The van der Waals surface area contributed by atoms with Gasteiger partial charge in [0.25, 0.3) is 0 Å². The third kappa shape index (κ3) is 9.94. The van der Waals surface area contributed by atoms with E-state index in [9.17, 15) is 9.59 Å². The molecule has 0 unspecified atom stereocenters. The van der Waals surface area contributed by atoms with Crippen LogP contribution in [0.1, 0.15) is 17.8 Å².